The summed E-state index contributed by atoms with van der Waals surface area (Å²) in [4.78, 5) is 33.4. The van der Waals surface area contributed by atoms with Gasteiger partial charge in [-0.3, -0.25) is 4.79 Å². The van der Waals surface area contributed by atoms with Crippen molar-refractivity contribution < 1.29 is 24.2 Å². The van der Waals surface area contributed by atoms with Crippen molar-refractivity contribution in [1.82, 2.24) is 5.32 Å². The van der Waals surface area contributed by atoms with E-state index < -0.39 is 29.0 Å². The second kappa shape index (κ2) is 6.63. The molecule has 18 heavy (non-hydrogen) atoms. The van der Waals surface area contributed by atoms with Gasteiger partial charge in [0.05, 0.1) is 0 Å². The van der Waals surface area contributed by atoms with Crippen LogP contribution in [0.25, 0.3) is 0 Å². The minimum Gasteiger partial charge on any atom is -0.480 e. The number of carbonyl (C=O) groups is 3. The van der Waals surface area contributed by atoms with Crippen molar-refractivity contribution in [1.29, 1.82) is 0 Å². The standard InChI is InChI=1S/C11H19NO5S/c1-6(18-7(2)13)8(9(14)15)12-10(16)17-11(3,4)5/h6,8H,1-5H3,(H,12,16)(H,14,15)/t6-,8?/m0/s1. The van der Waals surface area contributed by atoms with Gasteiger partial charge >= 0.3 is 12.1 Å². The maximum atomic E-state index is 11.5. The van der Waals surface area contributed by atoms with Crippen molar-refractivity contribution in [3.05, 3.63) is 0 Å². The van der Waals surface area contributed by atoms with Crippen LogP contribution in [0.5, 0.6) is 0 Å². The van der Waals surface area contributed by atoms with E-state index in [2.05, 4.69) is 5.32 Å². The summed E-state index contributed by atoms with van der Waals surface area (Å²) in [6.07, 6.45) is -0.814. The van der Waals surface area contributed by atoms with Gasteiger partial charge in [0.1, 0.15) is 11.6 Å². The first-order valence-corrected chi connectivity index (χ1v) is 6.30. The third-order valence-electron chi connectivity index (χ3n) is 1.76. The summed E-state index contributed by atoms with van der Waals surface area (Å²) in [5, 5.41) is 10.5. The van der Waals surface area contributed by atoms with E-state index in [1.165, 1.54) is 6.92 Å². The molecule has 2 N–H and O–H groups in total. The lowest BCUT2D eigenvalue weighted by atomic mass is 10.2. The van der Waals surface area contributed by atoms with Crippen molar-refractivity contribution in [3.63, 3.8) is 0 Å². The number of carboxylic acid groups (broad SMARTS) is 1. The number of nitrogens with one attached hydrogen (secondary N) is 1. The number of carboxylic acids is 1. The number of ether oxygens (including phenoxy) is 1. The summed E-state index contributed by atoms with van der Waals surface area (Å²) < 4.78 is 4.97. The second-order valence-electron chi connectivity index (χ2n) is 4.78. The zero-order chi connectivity index (χ0) is 14.5. The highest BCUT2D eigenvalue weighted by Gasteiger charge is 2.29. The Balaban J connectivity index is 4.59. The molecule has 0 aromatic carbocycles. The van der Waals surface area contributed by atoms with Crippen molar-refractivity contribution >= 4 is 28.9 Å². The fraction of sp³-hybridized carbons (Fsp3) is 0.727. The molecular weight excluding hydrogens is 258 g/mol. The van der Waals surface area contributed by atoms with E-state index in [1.807, 2.05) is 0 Å². The summed E-state index contributed by atoms with van der Waals surface area (Å²) in [5.41, 5.74) is -0.704. The zero-order valence-electron chi connectivity index (χ0n) is 11.1. The Hall–Kier alpha value is -1.24. The summed E-state index contributed by atoms with van der Waals surface area (Å²) in [6.45, 7) is 7.93. The van der Waals surface area contributed by atoms with Crippen LogP contribution >= 0.6 is 11.8 Å². The average Bonchev–Trinajstić information content (AvgIpc) is 2.09. The lowest BCUT2D eigenvalue weighted by Crippen LogP contribution is -2.48. The first-order chi connectivity index (χ1) is 8.03. The molecule has 1 amide bonds. The Morgan fingerprint density at radius 2 is 1.78 bits per heavy atom. The van der Waals surface area contributed by atoms with Gasteiger partial charge in [-0.25, -0.2) is 9.59 Å². The van der Waals surface area contributed by atoms with E-state index in [0.717, 1.165) is 11.8 Å². The maximum Gasteiger partial charge on any atom is 0.408 e. The second-order valence-corrected chi connectivity index (χ2v) is 6.33. The molecule has 7 heteroatoms. The van der Waals surface area contributed by atoms with Gasteiger partial charge in [-0.05, 0) is 20.8 Å². The topological polar surface area (TPSA) is 92.7 Å². The normalized spacial score (nSPS) is 14.5. The summed E-state index contributed by atoms with van der Waals surface area (Å²) in [6, 6.07) is -1.17. The summed E-state index contributed by atoms with van der Waals surface area (Å²) >= 11 is 0.861. The number of hydrogen-bond donors (Lipinski definition) is 2. The van der Waals surface area contributed by atoms with Crippen molar-refractivity contribution in [2.45, 2.75) is 51.5 Å². The highest BCUT2D eigenvalue weighted by Crippen LogP contribution is 2.16. The first kappa shape index (κ1) is 16.8. The number of aliphatic carboxylic acids is 1. The van der Waals surface area contributed by atoms with Crippen LogP contribution in [0.15, 0.2) is 0 Å². The Morgan fingerprint density at radius 1 is 1.28 bits per heavy atom. The smallest absolute Gasteiger partial charge is 0.408 e. The molecule has 0 aliphatic carbocycles. The molecule has 0 rings (SSSR count). The third-order valence-corrected chi connectivity index (χ3v) is 2.74. The van der Waals surface area contributed by atoms with Crippen molar-refractivity contribution in [2.75, 3.05) is 0 Å². The van der Waals surface area contributed by atoms with E-state index in [4.69, 9.17) is 9.84 Å². The Kier molecular flexibility index (Phi) is 6.17. The third kappa shape index (κ3) is 7.16. The van der Waals surface area contributed by atoms with Crippen LogP contribution in [0.1, 0.15) is 34.6 Å². The van der Waals surface area contributed by atoms with Crippen molar-refractivity contribution in [3.8, 4) is 0 Å². The molecule has 0 saturated carbocycles. The molecule has 0 aliphatic rings. The van der Waals surface area contributed by atoms with Gasteiger partial charge < -0.3 is 15.2 Å². The molecule has 0 aromatic heterocycles. The molecule has 1 unspecified atom stereocenters. The highest BCUT2D eigenvalue weighted by molar-refractivity contribution is 8.14. The summed E-state index contributed by atoms with van der Waals surface area (Å²) in [7, 11) is 0. The van der Waals surface area contributed by atoms with Crippen LogP contribution in [-0.2, 0) is 14.3 Å². The predicted octanol–water partition coefficient (Wildman–Crippen LogP) is 1.63. The number of rotatable bonds is 4. The molecule has 0 spiro atoms. The quantitative estimate of drug-likeness (QED) is 0.811. The average molecular weight is 277 g/mol. The number of amides is 1. The van der Waals surface area contributed by atoms with Gasteiger partial charge in [-0.15, -0.1) is 0 Å². The van der Waals surface area contributed by atoms with Gasteiger partial charge in [-0.2, -0.15) is 0 Å². The molecule has 0 fully saturated rings. The van der Waals surface area contributed by atoms with Crippen LogP contribution in [0.4, 0.5) is 4.79 Å². The monoisotopic (exact) mass is 277 g/mol. The molecule has 104 valence electrons. The first-order valence-electron chi connectivity index (χ1n) is 5.42. The molecule has 0 heterocycles. The van der Waals surface area contributed by atoms with Gasteiger partial charge in [0, 0.05) is 12.2 Å². The van der Waals surface area contributed by atoms with Crippen LogP contribution in [0.2, 0.25) is 0 Å². The maximum absolute atomic E-state index is 11.5. The lowest BCUT2D eigenvalue weighted by molar-refractivity contribution is -0.139. The SMILES string of the molecule is CC(=O)S[C@@H](C)C(NC(=O)OC(C)(C)C)C(=O)O. The van der Waals surface area contributed by atoms with Gasteiger partial charge in [0.25, 0.3) is 0 Å². The van der Waals surface area contributed by atoms with E-state index in [-0.39, 0.29) is 5.12 Å². The number of thioether (sulfide) groups is 1. The molecule has 0 saturated heterocycles. The summed E-state index contributed by atoms with van der Waals surface area (Å²) in [5.74, 6) is -1.21. The van der Waals surface area contributed by atoms with E-state index in [9.17, 15) is 14.4 Å². The van der Waals surface area contributed by atoms with Gasteiger partial charge in [-0.1, -0.05) is 18.7 Å². The molecule has 2 atom stereocenters. The Bertz CT molecular complexity index is 337. The van der Waals surface area contributed by atoms with Gasteiger partial charge in [0.15, 0.2) is 5.12 Å². The minimum absolute atomic E-state index is 0.209. The number of carbonyl (C=O) groups excluding carboxylic acids is 2. The molecule has 0 aliphatic heterocycles. The molecular formula is C11H19NO5S. The number of hydrogen-bond acceptors (Lipinski definition) is 5. The zero-order valence-corrected chi connectivity index (χ0v) is 12.0. The molecule has 0 bridgehead atoms. The fourth-order valence-electron chi connectivity index (χ4n) is 1.14. The van der Waals surface area contributed by atoms with Crippen LogP contribution < -0.4 is 5.32 Å². The highest BCUT2D eigenvalue weighted by atomic mass is 32.2. The van der Waals surface area contributed by atoms with E-state index >= 15 is 0 Å². The van der Waals surface area contributed by atoms with Crippen LogP contribution in [0, 0.1) is 0 Å². The van der Waals surface area contributed by atoms with Crippen LogP contribution in [0.3, 0.4) is 0 Å². The van der Waals surface area contributed by atoms with E-state index in [0.29, 0.717) is 0 Å². The molecule has 6 nitrogen and oxygen atoms in total. The predicted molar refractivity (Wildman–Crippen MR) is 68.5 cm³/mol. The van der Waals surface area contributed by atoms with Gasteiger partial charge in [0.2, 0.25) is 0 Å². The van der Waals surface area contributed by atoms with Crippen LogP contribution in [-0.4, -0.2) is 39.2 Å². The Labute approximate surface area is 110 Å². The number of alkyl carbamates (subject to hydrolysis) is 1. The molecule has 0 radical (unpaired) electrons. The minimum atomic E-state index is -1.21. The Morgan fingerprint density at radius 3 is 2.11 bits per heavy atom. The molecule has 0 aromatic rings. The largest absolute Gasteiger partial charge is 0.480 e. The van der Waals surface area contributed by atoms with Crippen molar-refractivity contribution in [2.24, 2.45) is 0 Å². The fourth-order valence-corrected chi connectivity index (χ4v) is 1.99. The lowest BCUT2D eigenvalue weighted by Gasteiger charge is -2.24. The van der Waals surface area contributed by atoms with E-state index in [1.54, 1.807) is 27.7 Å².